The number of nitrogens with one attached hydrogen (secondary N) is 1. The molecule has 0 bridgehead atoms. The molecule has 2 rings (SSSR count). The van der Waals surface area contributed by atoms with Crippen molar-refractivity contribution in [2.24, 2.45) is 0 Å². The second kappa shape index (κ2) is 6.48. The van der Waals surface area contributed by atoms with Gasteiger partial charge in [0.1, 0.15) is 5.82 Å². The number of nitrogen functional groups attached to an aromatic ring is 1. The largest absolute Gasteiger partial charge is 0.384 e. The molecule has 0 aromatic carbocycles. The van der Waals surface area contributed by atoms with Gasteiger partial charge >= 0.3 is 0 Å². The van der Waals surface area contributed by atoms with Gasteiger partial charge in [-0.25, -0.2) is 4.98 Å². The molecule has 1 atom stereocenters. The molecule has 106 valence electrons. The van der Waals surface area contributed by atoms with Crippen LogP contribution in [0.2, 0.25) is 0 Å². The highest BCUT2D eigenvalue weighted by Gasteiger charge is 2.15. The van der Waals surface area contributed by atoms with Crippen molar-refractivity contribution in [2.75, 3.05) is 12.3 Å². The molecular weight excluding hydrogens is 248 g/mol. The molecule has 4 nitrogen and oxygen atoms in total. The van der Waals surface area contributed by atoms with Crippen molar-refractivity contribution in [3.8, 4) is 0 Å². The molecule has 0 aliphatic carbocycles. The van der Waals surface area contributed by atoms with E-state index < -0.39 is 0 Å². The molecule has 0 aliphatic rings. The highest BCUT2D eigenvalue weighted by Crippen LogP contribution is 2.21. The standard InChI is InChI=1S/C16H22N4/c1-4-18-14(8-13-5-6-19-15(17)9-13)16-12(3)7-11(2)10-20-16/h5-7,9-10,14,18H,4,8H2,1-3H3,(H2,17,19). The summed E-state index contributed by atoms with van der Waals surface area (Å²) in [5.41, 5.74) is 10.4. The van der Waals surface area contributed by atoms with Crippen LogP contribution >= 0.6 is 0 Å². The fourth-order valence-corrected chi connectivity index (χ4v) is 2.46. The summed E-state index contributed by atoms with van der Waals surface area (Å²) < 4.78 is 0. The van der Waals surface area contributed by atoms with Gasteiger partial charge in [0, 0.05) is 12.4 Å². The molecule has 0 amide bonds. The first-order chi connectivity index (χ1) is 9.60. The van der Waals surface area contributed by atoms with Crippen LogP contribution < -0.4 is 11.1 Å². The van der Waals surface area contributed by atoms with Gasteiger partial charge in [0.15, 0.2) is 0 Å². The zero-order valence-electron chi connectivity index (χ0n) is 12.4. The Bertz CT molecular complexity index is 580. The molecule has 0 saturated heterocycles. The van der Waals surface area contributed by atoms with Gasteiger partial charge in [-0.15, -0.1) is 0 Å². The molecular formula is C16H22N4. The van der Waals surface area contributed by atoms with Gasteiger partial charge in [0.05, 0.1) is 11.7 Å². The van der Waals surface area contributed by atoms with Crippen LogP contribution in [0.3, 0.4) is 0 Å². The molecule has 4 heteroatoms. The predicted molar refractivity (Wildman–Crippen MR) is 82.5 cm³/mol. The van der Waals surface area contributed by atoms with E-state index in [1.54, 1.807) is 6.20 Å². The minimum absolute atomic E-state index is 0.197. The van der Waals surface area contributed by atoms with Crippen LogP contribution in [-0.2, 0) is 6.42 Å². The molecule has 0 aliphatic heterocycles. The van der Waals surface area contributed by atoms with Gasteiger partial charge in [-0.05, 0) is 55.6 Å². The maximum absolute atomic E-state index is 5.75. The third-order valence-electron chi connectivity index (χ3n) is 3.32. The highest BCUT2D eigenvalue weighted by atomic mass is 14.9. The average molecular weight is 270 g/mol. The van der Waals surface area contributed by atoms with Gasteiger partial charge in [-0.1, -0.05) is 13.0 Å². The van der Waals surface area contributed by atoms with Crippen LogP contribution in [0.15, 0.2) is 30.6 Å². The first-order valence-electron chi connectivity index (χ1n) is 6.97. The number of nitrogens with two attached hydrogens (primary N) is 1. The summed E-state index contributed by atoms with van der Waals surface area (Å²) >= 11 is 0. The summed E-state index contributed by atoms with van der Waals surface area (Å²) in [6.07, 6.45) is 4.54. The molecule has 0 fully saturated rings. The Balaban J connectivity index is 2.26. The van der Waals surface area contributed by atoms with Crippen molar-refractivity contribution >= 4 is 5.82 Å². The van der Waals surface area contributed by atoms with Crippen LogP contribution in [0.5, 0.6) is 0 Å². The summed E-state index contributed by atoms with van der Waals surface area (Å²) in [5, 5.41) is 3.50. The minimum Gasteiger partial charge on any atom is -0.384 e. The summed E-state index contributed by atoms with van der Waals surface area (Å²) in [5.74, 6) is 0.561. The van der Waals surface area contributed by atoms with Crippen LogP contribution in [0.4, 0.5) is 5.82 Å². The topological polar surface area (TPSA) is 63.8 Å². The monoisotopic (exact) mass is 270 g/mol. The normalized spacial score (nSPS) is 12.3. The van der Waals surface area contributed by atoms with E-state index in [1.807, 2.05) is 18.3 Å². The van der Waals surface area contributed by atoms with Gasteiger partial charge in [0.2, 0.25) is 0 Å². The van der Waals surface area contributed by atoms with Crippen molar-refractivity contribution in [3.63, 3.8) is 0 Å². The third-order valence-corrected chi connectivity index (χ3v) is 3.32. The van der Waals surface area contributed by atoms with Crippen LogP contribution in [0, 0.1) is 13.8 Å². The third kappa shape index (κ3) is 3.54. The van der Waals surface area contributed by atoms with E-state index in [4.69, 9.17) is 5.73 Å². The number of nitrogens with zero attached hydrogens (tertiary/aromatic N) is 2. The molecule has 0 spiro atoms. The second-order valence-corrected chi connectivity index (χ2v) is 5.12. The van der Waals surface area contributed by atoms with E-state index in [9.17, 15) is 0 Å². The van der Waals surface area contributed by atoms with Gasteiger partial charge in [-0.3, -0.25) is 4.98 Å². The maximum atomic E-state index is 5.75. The second-order valence-electron chi connectivity index (χ2n) is 5.12. The number of hydrogen-bond donors (Lipinski definition) is 2. The Morgan fingerprint density at radius 3 is 2.70 bits per heavy atom. The van der Waals surface area contributed by atoms with E-state index >= 15 is 0 Å². The first kappa shape index (κ1) is 14.5. The van der Waals surface area contributed by atoms with Gasteiger partial charge in [-0.2, -0.15) is 0 Å². The lowest BCUT2D eigenvalue weighted by molar-refractivity contribution is 0.533. The van der Waals surface area contributed by atoms with E-state index in [1.165, 1.54) is 16.7 Å². The van der Waals surface area contributed by atoms with Gasteiger partial charge < -0.3 is 11.1 Å². The van der Waals surface area contributed by atoms with E-state index in [0.29, 0.717) is 5.82 Å². The lowest BCUT2D eigenvalue weighted by Gasteiger charge is -2.20. The minimum atomic E-state index is 0.197. The van der Waals surface area contributed by atoms with Crippen molar-refractivity contribution in [2.45, 2.75) is 33.2 Å². The number of pyridine rings is 2. The van der Waals surface area contributed by atoms with Crippen molar-refractivity contribution in [3.05, 3.63) is 53.0 Å². The molecule has 2 heterocycles. The summed E-state index contributed by atoms with van der Waals surface area (Å²) in [6, 6.07) is 6.30. The Morgan fingerprint density at radius 1 is 1.25 bits per heavy atom. The summed E-state index contributed by atoms with van der Waals surface area (Å²) in [7, 11) is 0. The highest BCUT2D eigenvalue weighted by molar-refractivity contribution is 5.33. The predicted octanol–water partition coefficient (Wildman–Crippen LogP) is 2.57. The lowest BCUT2D eigenvalue weighted by atomic mass is 9.99. The number of rotatable bonds is 5. The SMILES string of the molecule is CCNC(Cc1ccnc(N)c1)c1ncc(C)cc1C. The molecule has 20 heavy (non-hydrogen) atoms. The molecule has 0 radical (unpaired) electrons. The number of aryl methyl sites for hydroxylation is 2. The zero-order chi connectivity index (χ0) is 14.5. The van der Waals surface area contributed by atoms with Crippen molar-refractivity contribution < 1.29 is 0 Å². The fraction of sp³-hybridized carbons (Fsp3) is 0.375. The fourth-order valence-electron chi connectivity index (χ4n) is 2.46. The van der Waals surface area contributed by atoms with E-state index in [-0.39, 0.29) is 6.04 Å². The first-order valence-corrected chi connectivity index (χ1v) is 6.97. The quantitative estimate of drug-likeness (QED) is 0.876. The summed E-state index contributed by atoms with van der Waals surface area (Å²) in [6.45, 7) is 7.19. The number of hydrogen-bond acceptors (Lipinski definition) is 4. The molecule has 2 aromatic rings. The van der Waals surface area contributed by atoms with Crippen LogP contribution in [0.25, 0.3) is 0 Å². The van der Waals surface area contributed by atoms with E-state index in [2.05, 4.69) is 42.1 Å². The number of likely N-dealkylation sites (N-methyl/N-ethyl adjacent to an activating group) is 1. The smallest absolute Gasteiger partial charge is 0.123 e. The average Bonchev–Trinajstić information content (AvgIpc) is 2.38. The van der Waals surface area contributed by atoms with Crippen molar-refractivity contribution in [1.82, 2.24) is 15.3 Å². The van der Waals surface area contributed by atoms with Gasteiger partial charge in [0.25, 0.3) is 0 Å². The Hall–Kier alpha value is -1.94. The number of anilines is 1. The molecule has 0 saturated carbocycles. The Kier molecular flexibility index (Phi) is 4.69. The molecule has 1 unspecified atom stereocenters. The Labute approximate surface area is 120 Å². The van der Waals surface area contributed by atoms with Crippen LogP contribution in [-0.4, -0.2) is 16.5 Å². The lowest BCUT2D eigenvalue weighted by Crippen LogP contribution is -2.25. The van der Waals surface area contributed by atoms with Crippen LogP contribution in [0.1, 0.15) is 35.3 Å². The van der Waals surface area contributed by atoms with E-state index in [0.717, 1.165) is 18.7 Å². The zero-order valence-corrected chi connectivity index (χ0v) is 12.4. The Morgan fingerprint density at radius 2 is 2.05 bits per heavy atom. The summed E-state index contributed by atoms with van der Waals surface area (Å²) in [4.78, 5) is 8.64. The number of aromatic nitrogens is 2. The molecule has 2 aromatic heterocycles. The maximum Gasteiger partial charge on any atom is 0.123 e. The molecule has 3 N–H and O–H groups in total. The van der Waals surface area contributed by atoms with Crippen molar-refractivity contribution in [1.29, 1.82) is 0 Å².